The van der Waals surface area contributed by atoms with Crippen molar-refractivity contribution >= 4 is 22.7 Å². The van der Waals surface area contributed by atoms with Crippen LogP contribution in [0.25, 0.3) is 16.7 Å². The zero-order valence-electron chi connectivity index (χ0n) is 19.9. The Bertz CT molecular complexity index is 1110. The second kappa shape index (κ2) is 8.90. The fourth-order valence-electron chi connectivity index (χ4n) is 4.47. The minimum Gasteiger partial charge on any atom is -0.464 e. The maximum Gasteiger partial charge on any atom is 0.356 e. The third kappa shape index (κ3) is 4.09. The van der Waals surface area contributed by atoms with E-state index in [1.807, 2.05) is 22.9 Å². The summed E-state index contributed by atoms with van der Waals surface area (Å²) in [6, 6.07) is 10.7. The van der Waals surface area contributed by atoms with E-state index in [1.54, 1.807) is 0 Å². The van der Waals surface area contributed by atoms with Gasteiger partial charge in [-0.15, -0.1) is 0 Å². The second-order valence-electron chi connectivity index (χ2n) is 9.19. The number of fused-ring (bicyclic) bond motifs is 1. The van der Waals surface area contributed by atoms with Crippen LogP contribution < -0.4 is 4.90 Å². The van der Waals surface area contributed by atoms with E-state index >= 15 is 0 Å². The van der Waals surface area contributed by atoms with Gasteiger partial charge in [-0.2, -0.15) is 5.10 Å². The van der Waals surface area contributed by atoms with Crippen molar-refractivity contribution in [2.24, 2.45) is 0 Å². The normalized spacial score (nSPS) is 15.2. The van der Waals surface area contributed by atoms with E-state index in [-0.39, 0.29) is 5.92 Å². The Morgan fingerprint density at radius 3 is 2.38 bits per heavy atom. The van der Waals surface area contributed by atoms with Gasteiger partial charge in [0.15, 0.2) is 11.3 Å². The molecule has 0 atom stereocenters. The van der Waals surface area contributed by atoms with Gasteiger partial charge in [0.25, 0.3) is 0 Å². The quantitative estimate of drug-likeness (QED) is 0.561. The minimum atomic E-state index is -0.431. The summed E-state index contributed by atoms with van der Waals surface area (Å²) in [5.41, 5.74) is 5.14. The summed E-state index contributed by atoms with van der Waals surface area (Å²) in [6.07, 6.45) is 2.15. The highest BCUT2D eigenvalue weighted by Crippen LogP contribution is 2.36. The van der Waals surface area contributed by atoms with Crippen LogP contribution in [-0.2, 0) is 4.74 Å². The molecular weight excluding hydrogens is 402 g/mol. The van der Waals surface area contributed by atoms with Crippen LogP contribution >= 0.6 is 0 Å². The van der Waals surface area contributed by atoms with Crippen LogP contribution in [-0.4, -0.2) is 66.0 Å². The maximum atomic E-state index is 12.5. The number of anilines is 1. The van der Waals surface area contributed by atoms with Crippen LogP contribution in [0.15, 0.2) is 30.3 Å². The monoisotopic (exact) mass is 435 g/mol. The minimum absolute atomic E-state index is 0.216. The highest BCUT2D eigenvalue weighted by molar-refractivity contribution is 5.99. The number of methoxy groups -OCH3 is 1. The Labute approximate surface area is 190 Å². The first-order valence-electron chi connectivity index (χ1n) is 11.3. The number of rotatable bonds is 5. The standard InChI is InChI=1S/C25H33N5O2/c1-16(2)23-22-21(29-13-11-18(12-14-29)28(4)5)15-20(25(31)32-6)26-24(22)30(27-23)19-9-7-17(3)8-10-19/h7-10,15-16,18H,11-14H2,1-6H3. The van der Waals surface area contributed by atoms with E-state index in [0.29, 0.717) is 17.4 Å². The lowest BCUT2D eigenvalue weighted by molar-refractivity contribution is 0.0594. The number of hydrogen-bond donors (Lipinski definition) is 0. The van der Waals surface area contributed by atoms with Crippen molar-refractivity contribution in [3.63, 3.8) is 0 Å². The summed E-state index contributed by atoms with van der Waals surface area (Å²) < 4.78 is 6.90. The summed E-state index contributed by atoms with van der Waals surface area (Å²) in [6.45, 7) is 8.22. The van der Waals surface area contributed by atoms with Gasteiger partial charge in [0, 0.05) is 19.1 Å². The number of benzene rings is 1. The van der Waals surface area contributed by atoms with Crippen molar-refractivity contribution in [3.05, 3.63) is 47.3 Å². The molecule has 0 unspecified atom stereocenters. The van der Waals surface area contributed by atoms with Gasteiger partial charge in [-0.05, 0) is 58.0 Å². The number of nitrogens with zero attached hydrogens (tertiary/aromatic N) is 5. The van der Waals surface area contributed by atoms with Crippen molar-refractivity contribution in [3.8, 4) is 5.69 Å². The summed E-state index contributed by atoms with van der Waals surface area (Å²) in [5, 5.41) is 6.01. The first kappa shape index (κ1) is 22.3. The SMILES string of the molecule is COC(=O)c1cc(N2CCC(N(C)C)CC2)c2c(C(C)C)nn(-c3ccc(C)cc3)c2n1. The lowest BCUT2D eigenvalue weighted by atomic mass is 10.0. The molecule has 1 fully saturated rings. The highest BCUT2D eigenvalue weighted by Gasteiger charge is 2.28. The van der Waals surface area contributed by atoms with Crippen molar-refractivity contribution in [2.75, 3.05) is 39.2 Å². The molecule has 7 heteroatoms. The zero-order valence-corrected chi connectivity index (χ0v) is 19.9. The molecule has 0 N–H and O–H groups in total. The first-order valence-corrected chi connectivity index (χ1v) is 11.3. The molecule has 1 aliphatic rings. The zero-order chi connectivity index (χ0) is 23.0. The number of carbonyl (C=O) groups is 1. The lowest BCUT2D eigenvalue weighted by Crippen LogP contribution is -2.42. The number of aryl methyl sites for hydroxylation is 1. The third-order valence-electron chi connectivity index (χ3n) is 6.40. The third-order valence-corrected chi connectivity index (χ3v) is 6.40. The molecule has 0 aliphatic carbocycles. The molecule has 0 radical (unpaired) electrons. The number of hydrogen-bond acceptors (Lipinski definition) is 6. The van der Waals surface area contributed by atoms with E-state index in [9.17, 15) is 4.79 Å². The van der Waals surface area contributed by atoms with Gasteiger partial charge in [-0.3, -0.25) is 0 Å². The maximum absolute atomic E-state index is 12.5. The molecule has 0 amide bonds. The smallest absolute Gasteiger partial charge is 0.356 e. The Hall–Kier alpha value is -2.93. The van der Waals surface area contributed by atoms with Crippen LogP contribution in [0.2, 0.25) is 0 Å². The molecule has 0 spiro atoms. The Morgan fingerprint density at radius 2 is 1.81 bits per heavy atom. The molecule has 0 saturated carbocycles. The van der Waals surface area contributed by atoms with E-state index in [4.69, 9.17) is 14.8 Å². The second-order valence-corrected chi connectivity index (χ2v) is 9.19. The molecule has 1 saturated heterocycles. The van der Waals surface area contributed by atoms with Crippen molar-refractivity contribution in [2.45, 2.75) is 45.6 Å². The molecule has 170 valence electrons. The van der Waals surface area contributed by atoms with E-state index < -0.39 is 5.97 Å². The van der Waals surface area contributed by atoms with E-state index in [2.05, 4.69) is 56.8 Å². The first-order chi connectivity index (χ1) is 15.3. The molecule has 1 aromatic carbocycles. The van der Waals surface area contributed by atoms with Gasteiger partial charge in [-0.25, -0.2) is 14.5 Å². The van der Waals surface area contributed by atoms with Crippen molar-refractivity contribution in [1.82, 2.24) is 19.7 Å². The van der Waals surface area contributed by atoms with Crippen LogP contribution in [0.1, 0.15) is 54.4 Å². The summed E-state index contributed by atoms with van der Waals surface area (Å²) in [5.74, 6) is -0.216. The van der Waals surface area contributed by atoms with Gasteiger partial charge in [0.05, 0.1) is 29.6 Å². The summed E-state index contributed by atoms with van der Waals surface area (Å²) >= 11 is 0. The number of ether oxygens (including phenoxy) is 1. The van der Waals surface area contributed by atoms with Gasteiger partial charge in [-0.1, -0.05) is 31.5 Å². The highest BCUT2D eigenvalue weighted by atomic mass is 16.5. The van der Waals surface area contributed by atoms with Crippen LogP contribution in [0.5, 0.6) is 0 Å². The van der Waals surface area contributed by atoms with Crippen molar-refractivity contribution < 1.29 is 9.53 Å². The number of carbonyl (C=O) groups excluding carboxylic acids is 1. The molecular formula is C25H33N5O2. The number of aromatic nitrogens is 3. The van der Waals surface area contributed by atoms with Crippen LogP contribution in [0, 0.1) is 6.92 Å². The van der Waals surface area contributed by atoms with Gasteiger partial charge >= 0.3 is 5.97 Å². The summed E-state index contributed by atoms with van der Waals surface area (Å²) in [4.78, 5) is 21.9. The molecule has 3 aromatic rings. The van der Waals surface area contributed by atoms with Crippen LogP contribution in [0.4, 0.5) is 5.69 Å². The topological polar surface area (TPSA) is 63.5 Å². The number of piperidine rings is 1. The van der Waals surface area contributed by atoms with E-state index in [0.717, 1.165) is 48.4 Å². The predicted octanol–water partition coefficient (Wildman–Crippen LogP) is 4.17. The molecule has 2 aromatic heterocycles. The Balaban J connectivity index is 1.92. The molecule has 7 nitrogen and oxygen atoms in total. The largest absolute Gasteiger partial charge is 0.464 e. The van der Waals surface area contributed by atoms with E-state index in [1.165, 1.54) is 12.7 Å². The molecule has 4 rings (SSSR count). The lowest BCUT2D eigenvalue weighted by Gasteiger charge is -2.37. The fourth-order valence-corrected chi connectivity index (χ4v) is 4.47. The average molecular weight is 436 g/mol. The number of pyridine rings is 1. The van der Waals surface area contributed by atoms with Gasteiger partial charge in [0.2, 0.25) is 0 Å². The summed E-state index contributed by atoms with van der Waals surface area (Å²) in [7, 11) is 5.68. The van der Waals surface area contributed by atoms with Gasteiger partial charge in [0.1, 0.15) is 0 Å². The van der Waals surface area contributed by atoms with Crippen LogP contribution in [0.3, 0.4) is 0 Å². The number of esters is 1. The Kier molecular flexibility index (Phi) is 6.20. The fraction of sp³-hybridized carbons (Fsp3) is 0.480. The predicted molar refractivity (Wildman–Crippen MR) is 128 cm³/mol. The molecule has 1 aliphatic heterocycles. The average Bonchev–Trinajstić information content (AvgIpc) is 3.18. The van der Waals surface area contributed by atoms with Crippen molar-refractivity contribution in [1.29, 1.82) is 0 Å². The van der Waals surface area contributed by atoms with Gasteiger partial charge < -0.3 is 14.5 Å². The molecule has 0 bridgehead atoms. The Morgan fingerprint density at radius 1 is 1.16 bits per heavy atom. The molecule has 3 heterocycles. The molecule has 32 heavy (non-hydrogen) atoms.